The van der Waals surface area contributed by atoms with E-state index in [1.165, 1.54) is 32.0 Å². The fourth-order valence-corrected chi connectivity index (χ4v) is 4.20. The van der Waals surface area contributed by atoms with Gasteiger partial charge in [0.25, 0.3) is 0 Å². The summed E-state index contributed by atoms with van der Waals surface area (Å²) in [5.74, 6) is -1.22. The molecule has 6 unspecified atom stereocenters. The van der Waals surface area contributed by atoms with Gasteiger partial charge in [-0.2, -0.15) is 0 Å². The van der Waals surface area contributed by atoms with Gasteiger partial charge in [0, 0.05) is 16.7 Å². The average Bonchev–Trinajstić information content (AvgIpc) is 2.82. The Hall–Kier alpha value is -3.09. The summed E-state index contributed by atoms with van der Waals surface area (Å²) in [5.41, 5.74) is 0.533. The second-order valence-corrected chi connectivity index (χ2v) is 8.42. The lowest BCUT2D eigenvalue weighted by Gasteiger charge is -2.40. The van der Waals surface area contributed by atoms with E-state index in [9.17, 15) is 40.5 Å². The summed E-state index contributed by atoms with van der Waals surface area (Å²) in [6.45, 7) is 2.36. The van der Waals surface area contributed by atoms with Gasteiger partial charge in [-0.05, 0) is 32.0 Å². The van der Waals surface area contributed by atoms with Crippen molar-refractivity contribution in [3.05, 3.63) is 40.5 Å². The summed E-state index contributed by atoms with van der Waals surface area (Å²) < 4.78 is 17.1. The molecule has 0 amide bonds. The topological polar surface area (TPSA) is 186 Å². The van der Waals surface area contributed by atoms with E-state index in [1.807, 2.05) is 0 Å². The van der Waals surface area contributed by atoms with Crippen LogP contribution in [-0.2, 0) is 4.74 Å². The Morgan fingerprint density at radius 3 is 2.38 bits per heavy atom. The van der Waals surface area contributed by atoms with Crippen LogP contribution in [0.2, 0.25) is 0 Å². The number of hydrogen-bond acceptors (Lipinski definition) is 11. The molecule has 2 aromatic carbocycles. The standard InChI is InChI=1S/C23H26O11/c1-8-17(27)9(2)22-16(18(8)28)12(26)6-14(32-22)11-5-10(25)3-4-13(11)33-23-21(31)20(30)19(29)15(7-24)34-23/h3-5,14-15,19-21,23-25,27-31H,6-7H2,1-2H3. The predicted molar refractivity (Wildman–Crippen MR) is 114 cm³/mol. The number of aliphatic hydroxyl groups is 4. The van der Waals surface area contributed by atoms with Crippen LogP contribution in [0.15, 0.2) is 18.2 Å². The van der Waals surface area contributed by atoms with E-state index < -0.39 is 49.2 Å². The lowest BCUT2D eigenvalue weighted by Crippen LogP contribution is -2.60. The summed E-state index contributed by atoms with van der Waals surface area (Å²) in [6.07, 6.45) is -8.84. The number of Topliss-reactive ketones (excluding diaryl/α,β-unsaturated/α-hetero) is 1. The zero-order valence-electron chi connectivity index (χ0n) is 18.4. The number of carbonyl (C=O) groups is 1. The van der Waals surface area contributed by atoms with Gasteiger partial charge in [0.2, 0.25) is 6.29 Å². The average molecular weight is 478 g/mol. The highest BCUT2D eigenvalue weighted by Gasteiger charge is 2.45. The quantitative estimate of drug-likeness (QED) is 0.320. The van der Waals surface area contributed by atoms with Crippen LogP contribution in [0.5, 0.6) is 28.7 Å². The molecule has 1 fully saturated rings. The number of rotatable bonds is 4. The molecule has 0 aliphatic carbocycles. The van der Waals surface area contributed by atoms with Crippen molar-refractivity contribution in [2.45, 2.75) is 57.1 Å². The van der Waals surface area contributed by atoms with Gasteiger partial charge < -0.3 is 50.0 Å². The lowest BCUT2D eigenvalue weighted by atomic mass is 9.91. The lowest BCUT2D eigenvalue weighted by molar-refractivity contribution is -0.277. The number of ketones is 1. The highest BCUT2D eigenvalue weighted by molar-refractivity contribution is 6.04. The van der Waals surface area contributed by atoms with Gasteiger partial charge >= 0.3 is 0 Å². The van der Waals surface area contributed by atoms with E-state index in [0.29, 0.717) is 0 Å². The first-order valence-corrected chi connectivity index (χ1v) is 10.6. The van der Waals surface area contributed by atoms with Crippen LogP contribution in [0.1, 0.15) is 39.6 Å². The summed E-state index contributed by atoms with van der Waals surface area (Å²) >= 11 is 0. The van der Waals surface area contributed by atoms with Crippen molar-refractivity contribution in [2.24, 2.45) is 0 Å². The number of phenolic OH excluding ortho intramolecular Hbond substituents is 3. The van der Waals surface area contributed by atoms with Gasteiger partial charge in [0.15, 0.2) is 5.78 Å². The molecule has 2 aliphatic rings. The van der Waals surface area contributed by atoms with Crippen molar-refractivity contribution in [2.75, 3.05) is 6.61 Å². The molecular weight excluding hydrogens is 452 g/mol. The first-order valence-electron chi connectivity index (χ1n) is 10.6. The van der Waals surface area contributed by atoms with Crippen LogP contribution >= 0.6 is 0 Å². The number of fused-ring (bicyclic) bond motifs is 1. The van der Waals surface area contributed by atoms with Crippen molar-refractivity contribution < 1.29 is 54.8 Å². The number of ether oxygens (including phenoxy) is 3. The third-order valence-corrected chi connectivity index (χ3v) is 6.21. The molecule has 2 aromatic rings. The highest BCUT2D eigenvalue weighted by Crippen LogP contribution is 2.48. The number of carbonyl (C=O) groups excluding carboxylic acids is 1. The van der Waals surface area contributed by atoms with E-state index in [-0.39, 0.29) is 57.4 Å². The van der Waals surface area contributed by atoms with E-state index in [4.69, 9.17) is 14.2 Å². The van der Waals surface area contributed by atoms with E-state index >= 15 is 0 Å². The minimum atomic E-state index is -1.67. The highest BCUT2D eigenvalue weighted by atomic mass is 16.7. The van der Waals surface area contributed by atoms with Crippen LogP contribution in [0.4, 0.5) is 0 Å². The second-order valence-electron chi connectivity index (χ2n) is 8.42. The molecule has 0 spiro atoms. The SMILES string of the molecule is Cc1c(O)c(C)c2c(c1O)C(=O)CC(c1cc(O)ccc1OC1OC(CO)C(O)C(O)C1O)O2. The Morgan fingerprint density at radius 2 is 1.71 bits per heavy atom. The van der Waals surface area contributed by atoms with Gasteiger partial charge in [0.05, 0.1) is 13.0 Å². The van der Waals surface area contributed by atoms with Crippen LogP contribution < -0.4 is 9.47 Å². The molecular formula is C23H26O11. The first-order chi connectivity index (χ1) is 16.0. The number of phenols is 3. The monoisotopic (exact) mass is 478 g/mol. The number of aromatic hydroxyl groups is 3. The summed E-state index contributed by atoms with van der Waals surface area (Å²) in [6, 6.07) is 3.91. The molecule has 2 heterocycles. The van der Waals surface area contributed by atoms with Crippen LogP contribution in [0, 0.1) is 13.8 Å². The van der Waals surface area contributed by atoms with Crippen LogP contribution in [0.3, 0.4) is 0 Å². The predicted octanol–water partition coefficient (Wildman–Crippen LogP) is 0.305. The number of aliphatic hydroxyl groups excluding tert-OH is 4. The third kappa shape index (κ3) is 3.91. The zero-order valence-corrected chi connectivity index (χ0v) is 18.4. The van der Waals surface area contributed by atoms with Crippen LogP contribution in [0.25, 0.3) is 0 Å². The Labute approximate surface area is 194 Å². The molecule has 34 heavy (non-hydrogen) atoms. The van der Waals surface area contributed by atoms with Crippen molar-refractivity contribution in [3.8, 4) is 28.7 Å². The van der Waals surface area contributed by atoms with Gasteiger partial charge in [-0.3, -0.25) is 4.79 Å². The molecule has 184 valence electrons. The molecule has 0 saturated carbocycles. The van der Waals surface area contributed by atoms with Crippen LogP contribution in [-0.4, -0.2) is 78.8 Å². The second kappa shape index (κ2) is 8.93. The third-order valence-electron chi connectivity index (χ3n) is 6.21. The van der Waals surface area contributed by atoms with Crippen molar-refractivity contribution in [1.82, 2.24) is 0 Å². The molecule has 11 heteroatoms. The normalized spacial score (nSPS) is 28.8. The molecule has 2 aliphatic heterocycles. The number of hydrogen-bond donors (Lipinski definition) is 7. The number of benzene rings is 2. The zero-order chi connectivity index (χ0) is 24.9. The fourth-order valence-electron chi connectivity index (χ4n) is 4.20. The molecule has 6 atom stereocenters. The van der Waals surface area contributed by atoms with E-state index in [0.717, 1.165) is 0 Å². The maximum Gasteiger partial charge on any atom is 0.229 e. The van der Waals surface area contributed by atoms with E-state index in [2.05, 4.69) is 0 Å². The molecule has 7 N–H and O–H groups in total. The summed E-state index contributed by atoms with van der Waals surface area (Å²) in [4.78, 5) is 12.9. The van der Waals surface area contributed by atoms with Gasteiger partial charge in [-0.1, -0.05) is 0 Å². The molecule has 11 nitrogen and oxygen atoms in total. The van der Waals surface area contributed by atoms with Gasteiger partial charge in [-0.25, -0.2) is 0 Å². The fraction of sp³-hybridized carbons (Fsp3) is 0.435. The maximum absolute atomic E-state index is 12.9. The van der Waals surface area contributed by atoms with Gasteiger partial charge in [0.1, 0.15) is 64.8 Å². The van der Waals surface area contributed by atoms with Crippen molar-refractivity contribution >= 4 is 5.78 Å². The molecule has 4 rings (SSSR count). The first kappa shape index (κ1) is 24.0. The van der Waals surface area contributed by atoms with Gasteiger partial charge in [-0.15, -0.1) is 0 Å². The molecule has 0 aromatic heterocycles. The Balaban J connectivity index is 1.70. The summed E-state index contributed by atoms with van der Waals surface area (Å²) in [7, 11) is 0. The summed E-state index contributed by atoms with van der Waals surface area (Å²) in [5, 5.41) is 70.4. The minimum absolute atomic E-state index is 0.0102. The van der Waals surface area contributed by atoms with Crippen molar-refractivity contribution in [1.29, 1.82) is 0 Å². The minimum Gasteiger partial charge on any atom is -0.508 e. The smallest absolute Gasteiger partial charge is 0.229 e. The Morgan fingerprint density at radius 1 is 1.00 bits per heavy atom. The van der Waals surface area contributed by atoms with E-state index in [1.54, 1.807) is 0 Å². The molecule has 0 radical (unpaired) electrons. The molecule has 1 saturated heterocycles. The Kier molecular flexibility index (Phi) is 6.32. The largest absolute Gasteiger partial charge is 0.508 e. The maximum atomic E-state index is 12.9. The molecule has 0 bridgehead atoms. The Bertz CT molecular complexity index is 1110. The van der Waals surface area contributed by atoms with Crippen molar-refractivity contribution in [3.63, 3.8) is 0 Å².